The van der Waals surface area contributed by atoms with Crippen LogP contribution in [0.1, 0.15) is 31.7 Å². The predicted octanol–water partition coefficient (Wildman–Crippen LogP) is 2.21. The lowest BCUT2D eigenvalue weighted by Crippen LogP contribution is -2.43. The third-order valence-corrected chi connectivity index (χ3v) is 7.85. The van der Waals surface area contributed by atoms with Gasteiger partial charge in [0.25, 0.3) is 10.0 Å². The molecular weight excluding hydrogens is 458 g/mol. The Balaban J connectivity index is 2.30. The van der Waals surface area contributed by atoms with E-state index in [4.69, 9.17) is 11.6 Å². The molecule has 1 unspecified atom stereocenters. The lowest BCUT2D eigenvalue weighted by Gasteiger charge is -2.21. The molecule has 0 aliphatic carbocycles. The van der Waals surface area contributed by atoms with Gasteiger partial charge in [-0.3, -0.25) is 9.79 Å². The van der Waals surface area contributed by atoms with Crippen LogP contribution in [-0.2, 0) is 14.8 Å². The first-order valence-electron chi connectivity index (χ1n) is 10.3. The minimum atomic E-state index is -3.91. The van der Waals surface area contributed by atoms with Crippen molar-refractivity contribution in [3.05, 3.63) is 22.7 Å². The summed E-state index contributed by atoms with van der Waals surface area (Å²) in [4.78, 5) is 19.5. The van der Waals surface area contributed by atoms with Crippen molar-refractivity contribution in [1.82, 2.24) is 20.3 Å². The van der Waals surface area contributed by atoms with Crippen LogP contribution in [0.2, 0.25) is 5.02 Å². The lowest BCUT2D eigenvalue weighted by molar-refractivity contribution is -0.120. The van der Waals surface area contributed by atoms with E-state index >= 15 is 0 Å². The molecule has 0 fully saturated rings. The number of benzene rings is 1. The largest absolute Gasteiger partial charge is 0.356 e. The maximum Gasteiger partial charge on any atom is 0.265 e. The van der Waals surface area contributed by atoms with E-state index in [-0.39, 0.29) is 16.8 Å². The molecule has 0 bridgehead atoms. The first-order chi connectivity index (χ1) is 14.6. The molecule has 31 heavy (non-hydrogen) atoms. The number of likely N-dealkylation sites (N-methyl/N-ethyl adjacent to an activating group) is 1. The Morgan fingerprint density at radius 2 is 2.13 bits per heavy atom. The Morgan fingerprint density at radius 3 is 2.74 bits per heavy atom. The summed E-state index contributed by atoms with van der Waals surface area (Å²) in [6, 6.07) is 3.17. The van der Waals surface area contributed by atoms with E-state index in [2.05, 4.69) is 20.3 Å². The summed E-state index contributed by atoms with van der Waals surface area (Å²) in [5.41, 5.74) is 0.646. The highest BCUT2D eigenvalue weighted by molar-refractivity contribution is 8.01. The van der Waals surface area contributed by atoms with Crippen LogP contribution in [-0.4, -0.2) is 70.7 Å². The van der Waals surface area contributed by atoms with Gasteiger partial charge in [-0.05, 0) is 51.6 Å². The molecule has 1 atom stereocenters. The van der Waals surface area contributed by atoms with Gasteiger partial charge in [0.1, 0.15) is 4.90 Å². The van der Waals surface area contributed by atoms with Gasteiger partial charge in [0.2, 0.25) is 11.9 Å². The summed E-state index contributed by atoms with van der Waals surface area (Å²) in [6.45, 7) is 6.23. The number of aryl methyl sites for hydroxylation is 1. The van der Waals surface area contributed by atoms with Gasteiger partial charge in [0.15, 0.2) is 0 Å². The Labute approximate surface area is 194 Å². The molecule has 2 rings (SSSR count). The number of nitrogens with one attached hydrogen (secondary N) is 3. The molecular formula is C20H32ClN5O3S2. The van der Waals surface area contributed by atoms with E-state index in [1.807, 2.05) is 25.9 Å². The number of sulfonamides is 1. The number of halogens is 1. The first kappa shape index (κ1) is 25.8. The van der Waals surface area contributed by atoms with Crippen LogP contribution in [0.25, 0.3) is 0 Å². The highest BCUT2D eigenvalue weighted by Gasteiger charge is 2.27. The van der Waals surface area contributed by atoms with Gasteiger partial charge in [0, 0.05) is 36.1 Å². The average molecular weight is 490 g/mol. The fourth-order valence-corrected chi connectivity index (χ4v) is 5.97. The number of carbonyl (C=O) groups excluding carboxylic acids is 1. The molecule has 0 spiro atoms. The van der Waals surface area contributed by atoms with Crippen molar-refractivity contribution >= 4 is 45.3 Å². The van der Waals surface area contributed by atoms with Crippen LogP contribution in [0, 0.1) is 6.92 Å². The molecule has 1 aromatic carbocycles. The minimum Gasteiger partial charge on any atom is -0.356 e. The SMILES string of the molecule is CCCC(Sc1cc(Cl)c(C)cc1S(=O)(=O)NC1=NCCCN1)C(=O)NCCN(C)C. The van der Waals surface area contributed by atoms with Crippen molar-refractivity contribution in [3.8, 4) is 0 Å². The summed E-state index contributed by atoms with van der Waals surface area (Å²) < 4.78 is 28.8. The fraction of sp³-hybridized carbons (Fsp3) is 0.600. The number of rotatable bonds is 10. The normalized spacial score (nSPS) is 15.2. The molecule has 1 aliphatic rings. The van der Waals surface area contributed by atoms with Crippen LogP contribution in [0.4, 0.5) is 0 Å². The second kappa shape index (κ2) is 11.9. The molecule has 11 heteroatoms. The van der Waals surface area contributed by atoms with Crippen LogP contribution >= 0.6 is 23.4 Å². The molecule has 174 valence electrons. The Morgan fingerprint density at radius 1 is 1.39 bits per heavy atom. The monoisotopic (exact) mass is 489 g/mol. The first-order valence-corrected chi connectivity index (χ1v) is 13.1. The molecule has 1 aromatic rings. The third kappa shape index (κ3) is 7.85. The summed E-state index contributed by atoms with van der Waals surface area (Å²) in [5.74, 6) is 0.126. The summed E-state index contributed by atoms with van der Waals surface area (Å²) in [5, 5.41) is 5.93. The van der Waals surface area contributed by atoms with Crippen molar-refractivity contribution in [1.29, 1.82) is 0 Å². The van der Waals surface area contributed by atoms with Crippen molar-refractivity contribution in [2.24, 2.45) is 4.99 Å². The summed E-state index contributed by atoms with van der Waals surface area (Å²) in [7, 11) is -0.0277. The van der Waals surface area contributed by atoms with E-state index in [9.17, 15) is 13.2 Å². The van der Waals surface area contributed by atoms with E-state index < -0.39 is 15.3 Å². The number of carbonyl (C=O) groups is 1. The van der Waals surface area contributed by atoms with E-state index in [1.165, 1.54) is 11.8 Å². The van der Waals surface area contributed by atoms with Gasteiger partial charge in [-0.25, -0.2) is 13.1 Å². The van der Waals surface area contributed by atoms with E-state index in [1.54, 1.807) is 19.1 Å². The number of aliphatic imine (C=N–C) groups is 1. The maximum absolute atomic E-state index is 13.1. The molecule has 8 nitrogen and oxygen atoms in total. The minimum absolute atomic E-state index is 0.0941. The molecule has 1 amide bonds. The van der Waals surface area contributed by atoms with Crippen LogP contribution in [0.3, 0.4) is 0 Å². The molecule has 0 saturated carbocycles. The molecule has 1 aliphatic heterocycles. The van der Waals surface area contributed by atoms with Gasteiger partial charge < -0.3 is 15.5 Å². The van der Waals surface area contributed by atoms with Crippen molar-refractivity contribution in [2.75, 3.05) is 40.3 Å². The zero-order valence-electron chi connectivity index (χ0n) is 18.5. The highest BCUT2D eigenvalue weighted by atomic mass is 35.5. The van der Waals surface area contributed by atoms with E-state index in [0.717, 1.165) is 19.4 Å². The Kier molecular flexibility index (Phi) is 9.92. The Bertz CT molecular complexity index is 906. The molecule has 0 radical (unpaired) electrons. The predicted molar refractivity (Wildman–Crippen MR) is 128 cm³/mol. The second-order valence-corrected chi connectivity index (χ2v) is 11.0. The number of amides is 1. The molecule has 3 N–H and O–H groups in total. The van der Waals surface area contributed by atoms with Crippen LogP contribution in [0.15, 0.2) is 26.9 Å². The van der Waals surface area contributed by atoms with E-state index in [0.29, 0.717) is 41.5 Å². The zero-order valence-corrected chi connectivity index (χ0v) is 20.9. The van der Waals surface area contributed by atoms with Crippen molar-refractivity contribution < 1.29 is 13.2 Å². The second-order valence-electron chi connectivity index (χ2n) is 7.65. The molecule has 1 heterocycles. The number of guanidine groups is 1. The van der Waals surface area contributed by atoms with Crippen molar-refractivity contribution in [2.45, 2.75) is 48.2 Å². The summed E-state index contributed by atoms with van der Waals surface area (Å²) >= 11 is 7.54. The highest BCUT2D eigenvalue weighted by Crippen LogP contribution is 2.35. The van der Waals surface area contributed by atoms with Gasteiger partial charge in [-0.2, -0.15) is 0 Å². The average Bonchev–Trinajstić information content (AvgIpc) is 2.70. The number of hydrogen-bond acceptors (Lipinski definition) is 7. The van der Waals surface area contributed by atoms with Crippen LogP contribution < -0.4 is 15.4 Å². The zero-order chi connectivity index (χ0) is 23.0. The van der Waals surface area contributed by atoms with Crippen molar-refractivity contribution in [3.63, 3.8) is 0 Å². The van der Waals surface area contributed by atoms with Gasteiger partial charge >= 0.3 is 0 Å². The maximum atomic E-state index is 13.1. The topological polar surface area (TPSA) is 103 Å². The smallest absolute Gasteiger partial charge is 0.265 e. The molecule has 0 aromatic heterocycles. The lowest BCUT2D eigenvalue weighted by atomic mass is 10.2. The number of thioether (sulfide) groups is 1. The Hall–Kier alpha value is -1.49. The number of nitrogens with zero attached hydrogens (tertiary/aromatic N) is 2. The molecule has 0 saturated heterocycles. The quantitative estimate of drug-likeness (QED) is 0.435. The summed E-state index contributed by atoms with van der Waals surface area (Å²) in [6.07, 6.45) is 2.26. The fourth-order valence-electron chi connectivity index (χ4n) is 2.90. The van der Waals surface area contributed by atoms with Crippen LogP contribution in [0.5, 0.6) is 0 Å². The van der Waals surface area contributed by atoms with Gasteiger partial charge in [-0.15, -0.1) is 11.8 Å². The standard InChI is InChI=1S/C20H32ClN5O3S2/c1-5-7-16(19(27)22-10-11-26(3)4)30-17-13-15(21)14(2)12-18(17)31(28,29)25-20-23-8-6-9-24-20/h12-13,16H,5-11H2,1-4H3,(H,22,27)(H2,23,24,25). The number of hydrogen-bond donors (Lipinski definition) is 3. The third-order valence-electron chi connectivity index (χ3n) is 4.61. The van der Waals surface area contributed by atoms with Gasteiger partial charge in [-0.1, -0.05) is 24.9 Å². The van der Waals surface area contributed by atoms with Gasteiger partial charge in [0.05, 0.1) is 5.25 Å².